The van der Waals surface area contributed by atoms with E-state index in [0.717, 1.165) is 6.42 Å². The Labute approximate surface area is 185 Å². The Bertz CT molecular complexity index is 1220. The smallest absolute Gasteiger partial charge is 0.322 e. The third-order valence-corrected chi connectivity index (χ3v) is 7.15. The molecule has 168 valence electrons. The number of carbonyl (C=O) groups excluding carboxylic acids is 1. The van der Waals surface area contributed by atoms with E-state index in [0.29, 0.717) is 30.5 Å². The van der Waals surface area contributed by atoms with E-state index in [1.807, 2.05) is 13.8 Å². The minimum Gasteiger partial charge on any atom is -0.403 e. The normalized spacial score (nSPS) is 19.6. The molecule has 0 radical (unpaired) electrons. The number of carbonyl (C=O) groups is 1. The first kappa shape index (κ1) is 22.1. The molecule has 32 heavy (non-hydrogen) atoms. The summed E-state index contributed by atoms with van der Waals surface area (Å²) in [5.74, 6) is -0.333. The zero-order valence-corrected chi connectivity index (χ0v) is 18.5. The quantitative estimate of drug-likeness (QED) is 0.624. The number of nitrogens with zero attached hydrogens (tertiary/aromatic N) is 3. The van der Waals surface area contributed by atoms with Crippen LogP contribution >= 0.6 is 0 Å². The third kappa shape index (κ3) is 4.71. The van der Waals surface area contributed by atoms with Crippen LogP contribution in [0.2, 0.25) is 0 Å². The lowest BCUT2D eigenvalue weighted by molar-refractivity contribution is 0.102. The predicted octanol–water partition coefficient (Wildman–Crippen LogP) is 3.79. The molecule has 0 aliphatic carbocycles. The summed E-state index contributed by atoms with van der Waals surface area (Å²) < 4.78 is 46.2. The number of sulfonamides is 1. The highest BCUT2D eigenvalue weighted by molar-refractivity contribution is 7.89. The number of aromatic nitrogens is 2. The molecule has 1 aliphatic rings. The van der Waals surface area contributed by atoms with Crippen molar-refractivity contribution in [3.05, 3.63) is 59.9 Å². The molecule has 1 amide bonds. The lowest BCUT2D eigenvalue weighted by Gasteiger charge is -2.34. The van der Waals surface area contributed by atoms with Crippen molar-refractivity contribution in [1.82, 2.24) is 14.5 Å². The van der Waals surface area contributed by atoms with Crippen molar-refractivity contribution in [3.8, 4) is 11.5 Å². The summed E-state index contributed by atoms with van der Waals surface area (Å²) in [5.41, 5.74) is 0.615. The van der Waals surface area contributed by atoms with Gasteiger partial charge in [-0.25, -0.2) is 12.8 Å². The molecule has 10 heteroatoms. The number of hydrogen-bond acceptors (Lipinski definition) is 6. The van der Waals surface area contributed by atoms with E-state index < -0.39 is 21.7 Å². The minimum atomic E-state index is -3.63. The van der Waals surface area contributed by atoms with E-state index in [9.17, 15) is 17.6 Å². The van der Waals surface area contributed by atoms with Crippen LogP contribution in [0.25, 0.3) is 11.5 Å². The second-order valence-corrected chi connectivity index (χ2v) is 10.1. The van der Waals surface area contributed by atoms with Crippen LogP contribution in [0, 0.1) is 17.7 Å². The van der Waals surface area contributed by atoms with E-state index in [4.69, 9.17) is 4.42 Å². The fourth-order valence-electron chi connectivity index (χ4n) is 3.91. The zero-order chi connectivity index (χ0) is 22.9. The predicted molar refractivity (Wildman–Crippen MR) is 116 cm³/mol. The molecule has 1 saturated heterocycles. The molecule has 1 aliphatic heterocycles. The van der Waals surface area contributed by atoms with Gasteiger partial charge < -0.3 is 4.42 Å². The molecule has 1 fully saturated rings. The standard InChI is InChI=1S/C22H23FN4O4S/c1-14-10-15(2)13-27(12-14)32(29,30)19-8-6-16(7-9-19)20(28)24-22-26-25-21(31-22)17-4-3-5-18(23)11-17/h3-9,11,14-15H,10,12-13H2,1-2H3,(H,24,26,28)/t14-,15+. The van der Waals surface area contributed by atoms with Crippen LogP contribution in [0.5, 0.6) is 0 Å². The van der Waals surface area contributed by atoms with Gasteiger partial charge in [-0.05, 0) is 60.7 Å². The summed E-state index contributed by atoms with van der Waals surface area (Å²) in [7, 11) is -3.63. The largest absolute Gasteiger partial charge is 0.403 e. The maximum Gasteiger partial charge on any atom is 0.322 e. The first-order valence-corrected chi connectivity index (χ1v) is 11.7. The monoisotopic (exact) mass is 458 g/mol. The van der Waals surface area contributed by atoms with Gasteiger partial charge in [-0.3, -0.25) is 10.1 Å². The van der Waals surface area contributed by atoms with E-state index in [2.05, 4.69) is 15.5 Å². The molecule has 0 bridgehead atoms. The molecule has 0 saturated carbocycles. The van der Waals surface area contributed by atoms with Crippen molar-refractivity contribution in [3.63, 3.8) is 0 Å². The second-order valence-electron chi connectivity index (χ2n) is 8.17. The van der Waals surface area contributed by atoms with Crippen molar-refractivity contribution >= 4 is 21.9 Å². The number of halogens is 1. The number of amides is 1. The molecule has 1 N–H and O–H groups in total. The number of anilines is 1. The van der Waals surface area contributed by atoms with Crippen LogP contribution in [-0.2, 0) is 10.0 Å². The molecule has 3 aromatic rings. The Balaban J connectivity index is 1.46. The first-order valence-electron chi connectivity index (χ1n) is 10.2. The molecule has 1 aromatic heterocycles. The molecule has 2 heterocycles. The van der Waals surface area contributed by atoms with Gasteiger partial charge in [0.25, 0.3) is 5.91 Å². The maximum absolute atomic E-state index is 13.4. The Hall–Kier alpha value is -3.11. The van der Waals surface area contributed by atoms with Crippen LogP contribution in [0.1, 0.15) is 30.6 Å². The number of rotatable bonds is 5. The number of benzene rings is 2. The SMILES string of the molecule is C[C@@H]1C[C@H](C)CN(S(=O)(=O)c2ccc(C(=O)Nc3nnc(-c4cccc(F)c4)o3)cc2)C1. The highest BCUT2D eigenvalue weighted by Crippen LogP contribution is 2.27. The zero-order valence-electron chi connectivity index (χ0n) is 17.7. The number of nitrogens with one attached hydrogen (secondary N) is 1. The van der Waals surface area contributed by atoms with Gasteiger partial charge in [-0.2, -0.15) is 4.31 Å². The third-order valence-electron chi connectivity index (χ3n) is 5.31. The van der Waals surface area contributed by atoms with Gasteiger partial charge in [0.2, 0.25) is 15.9 Å². The molecule has 2 atom stereocenters. The minimum absolute atomic E-state index is 0.0613. The summed E-state index contributed by atoms with van der Waals surface area (Å²) in [5, 5.41) is 10.0. The Morgan fingerprint density at radius 1 is 1.09 bits per heavy atom. The molecule has 2 aromatic carbocycles. The van der Waals surface area contributed by atoms with E-state index in [1.165, 1.54) is 46.8 Å². The van der Waals surface area contributed by atoms with E-state index in [-0.39, 0.29) is 22.4 Å². The van der Waals surface area contributed by atoms with Crippen molar-refractivity contribution in [2.24, 2.45) is 11.8 Å². The number of hydrogen-bond donors (Lipinski definition) is 1. The topological polar surface area (TPSA) is 105 Å². The van der Waals surface area contributed by atoms with Crippen molar-refractivity contribution in [2.45, 2.75) is 25.2 Å². The van der Waals surface area contributed by atoms with Crippen LogP contribution in [0.4, 0.5) is 10.4 Å². The molecular formula is C22H23FN4O4S. The second kappa shape index (κ2) is 8.79. The fraction of sp³-hybridized carbons (Fsp3) is 0.318. The van der Waals surface area contributed by atoms with Gasteiger partial charge in [-0.1, -0.05) is 25.0 Å². The maximum atomic E-state index is 13.4. The van der Waals surface area contributed by atoms with Crippen molar-refractivity contribution < 1.29 is 22.0 Å². The van der Waals surface area contributed by atoms with Crippen LogP contribution in [-0.4, -0.2) is 41.9 Å². The molecule has 4 rings (SSSR count). The summed E-state index contributed by atoms with van der Waals surface area (Å²) in [6, 6.07) is 11.2. The average Bonchev–Trinajstić information content (AvgIpc) is 3.21. The highest BCUT2D eigenvalue weighted by atomic mass is 32.2. The van der Waals surface area contributed by atoms with Gasteiger partial charge >= 0.3 is 6.01 Å². The summed E-state index contributed by atoms with van der Waals surface area (Å²) in [4.78, 5) is 12.6. The van der Waals surface area contributed by atoms with Crippen molar-refractivity contribution in [2.75, 3.05) is 18.4 Å². The van der Waals surface area contributed by atoms with E-state index in [1.54, 1.807) is 6.07 Å². The Morgan fingerprint density at radius 3 is 2.44 bits per heavy atom. The van der Waals surface area contributed by atoms with Crippen LogP contribution in [0.15, 0.2) is 57.8 Å². The first-order chi connectivity index (χ1) is 15.2. The van der Waals surface area contributed by atoms with Gasteiger partial charge in [0.15, 0.2) is 0 Å². The van der Waals surface area contributed by atoms with E-state index >= 15 is 0 Å². The van der Waals surface area contributed by atoms with Gasteiger partial charge in [0.05, 0.1) is 4.90 Å². The molecule has 8 nitrogen and oxygen atoms in total. The summed E-state index contributed by atoms with van der Waals surface area (Å²) in [6.45, 7) is 5.06. The van der Waals surface area contributed by atoms with Gasteiger partial charge in [0, 0.05) is 24.2 Å². The fourth-order valence-corrected chi connectivity index (χ4v) is 5.59. The summed E-state index contributed by atoms with van der Waals surface area (Å²) >= 11 is 0. The van der Waals surface area contributed by atoms with Gasteiger partial charge in [-0.15, -0.1) is 5.10 Å². The highest BCUT2D eigenvalue weighted by Gasteiger charge is 2.31. The molecular weight excluding hydrogens is 435 g/mol. The van der Waals surface area contributed by atoms with Crippen molar-refractivity contribution in [1.29, 1.82) is 0 Å². The van der Waals surface area contributed by atoms with Crippen LogP contribution < -0.4 is 5.32 Å². The Morgan fingerprint density at radius 2 is 1.78 bits per heavy atom. The van der Waals surface area contributed by atoms with Gasteiger partial charge in [0.1, 0.15) is 5.82 Å². The summed E-state index contributed by atoms with van der Waals surface area (Å²) in [6.07, 6.45) is 1.00. The lowest BCUT2D eigenvalue weighted by atomic mass is 9.94. The number of piperidine rings is 1. The molecule has 0 unspecified atom stereocenters. The lowest BCUT2D eigenvalue weighted by Crippen LogP contribution is -2.42. The molecule has 0 spiro atoms. The Kier molecular flexibility index (Phi) is 6.07. The van der Waals surface area contributed by atoms with Crippen LogP contribution in [0.3, 0.4) is 0 Å². The average molecular weight is 459 g/mol.